The molecule has 4 amide bonds. The number of hydrogen-bond acceptors (Lipinski definition) is 6. The summed E-state index contributed by atoms with van der Waals surface area (Å²) in [4.78, 5) is 55.1. The molecule has 226 valence electrons. The highest BCUT2D eigenvalue weighted by Gasteiger charge is 2.40. The number of likely N-dealkylation sites (tertiary alicyclic amines) is 1. The summed E-state index contributed by atoms with van der Waals surface area (Å²) in [6, 6.07) is 8.22. The Morgan fingerprint density at radius 2 is 1.71 bits per heavy atom. The van der Waals surface area contributed by atoms with Gasteiger partial charge in [0.05, 0.1) is 18.1 Å². The maximum atomic E-state index is 13.6. The number of para-hydroxylation sites is 1. The Balaban J connectivity index is 1.35. The average molecular weight is 578 g/mol. The van der Waals surface area contributed by atoms with Gasteiger partial charge in [0, 0.05) is 52.0 Å². The lowest BCUT2D eigenvalue weighted by Gasteiger charge is -2.42. The number of nitrogens with one attached hydrogen (secondary N) is 3. The number of alkyl halides is 2. The predicted octanol–water partition coefficient (Wildman–Crippen LogP) is 1.84. The van der Waals surface area contributed by atoms with E-state index < -0.39 is 23.4 Å². The lowest BCUT2D eigenvalue weighted by molar-refractivity contribution is -0.139. The largest absolute Gasteiger partial charge is 0.484 e. The summed E-state index contributed by atoms with van der Waals surface area (Å²) in [5.74, 6) is -3.12. The molecule has 3 fully saturated rings. The van der Waals surface area contributed by atoms with E-state index in [1.807, 2.05) is 18.2 Å². The number of amides is 4. The Hall–Kier alpha value is -3.28. The molecule has 0 bridgehead atoms. The minimum absolute atomic E-state index is 0.0664. The maximum absolute atomic E-state index is 13.6. The van der Waals surface area contributed by atoms with Crippen LogP contribution < -0.4 is 20.7 Å². The smallest absolute Gasteiger partial charge is 0.260 e. The number of ether oxygens (including phenoxy) is 1. The molecule has 0 radical (unpaired) electrons. The molecule has 2 aliphatic heterocycles. The molecule has 3 aliphatic rings. The molecular weight excluding hydrogens is 536 g/mol. The summed E-state index contributed by atoms with van der Waals surface area (Å²) in [7, 11) is 1.55. The number of piperidine rings is 1. The zero-order chi connectivity index (χ0) is 29.5. The average Bonchev–Trinajstić information content (AvgIpc) is 2.94. The van der Waals surface area contributed by atoms with E-state index in [1.165, 1.54) is 4.90 Å². The molecule has 2 saturated heterocycles. The summed E-state index contributed by atoms with van der Waals surface area (Å²) in [5, 5.41) is 9.15. The summed E-state index contributed by atoms with van der Waals surface area (Å²) in [6.45, 7) is 0.756. The first-order valence-electron chi connectivity index (χ1n) is 14.5. The fourth-order valence-electron chi connectivity index (χ4n) is 5.85. The second-order valence-corrected chi connectivity index (χ2v) is 11.5. The molecule has 0 unspecified atom stereocenters. The highest BCUT2D eigenvalue weighted by atomic mass is 19.3. The maximum Gasteiger partial charge on any atom is 0.260 e. The van der Waals surface area contributed by atoms with Gasteiger partial charge in [-0.25, -0.2) is 8.78 Å². The molecular formula is C29H41F2N5O5. The molecule has 41 heavy (non-hydrogen) atoms. The van der Waals surface area contributed by atoms with Crippen LogP contribution in [0.3, 0.4) is 0 Å². The number of benzene rings is 1. The van der Waals surface area contributed by atoms with Crippen LogP contribution in [0.15, 0.2) is 30.3 Å². The van der Waals surface area contributed by atoms with Crippen LogP contribution in [0.1, 0.15) is 57.8 Å². The zero-order valence-electron chi connectivity index (χ0n) is 23.6. The van der Waals surface area contributed by atoms with Gasteiger partial charge in [-0.1, -0.05) is 18.2 Å². The number of halogens is 2. The van der Waals surface area contributed by atoms with Crippen molar-refractivity contribution in [1.82, 2.24) is 25.8 Å². The monoisotopic (exact) mass is 577 g/mol. The van der Waals surface area contributed by atoms with E-state index in [4.69, 9.17) is 4.74 Å². The third-order valence-electron chi connectivity index (χ3n) is 8.28. The Kier molecular flexibility index (Phi) is 10.2. The molecule has 1 aromatic carbocycles. The van der Waals surface area contributed by atoms with Crippen molar-refractivity contribution in [1.29, 1.82) is 0 Å². The highest BCUT2D eigenvalue weighted by molar-refractivity contribution is 5.88. The molecule has 3 N–H and O–H groups in total. The summed E-state index contributed by atoms with van der Waals surface area (Å²) >= 11 is 0. The van der Waals surface area contributed by atoms with Gasteiger partial charge in [-0.05, 0) is 50.7 Å². The van der Waals surface area contributed by atoms with Crippen molar-refractivity contribution in [2.24, 2.45) is 0 Å². The third-order valence-corrected chi connectivity index (χ3v) is 8.28. The summed E-state index contributed by atoms with van der Waals surface area (Å²) < 4.78 is 32.8. The molecule has 10 nitrogen and oxygen atoms in total. The molecule has 0 aromatic heterocycles. The van der Waals surface area contributed by atoms with E-state index in [0.717, 1.165) is 0 Å². The topological polar surface area (TPSA) is 120 Å². The molecule has 2 heterocycles. The minimum atomic E-state index is -2.67. The number of hydrogen-bond donors (Lipinski definition) is 3. The Morgan fingerprint density at radius 3 is 2.39 bits per heavy atom. The summed E-state index contributed by atoms with van der Waals surface area (Å²) in [5.41, 5.74) is -0.846. The van der Waals surface area contributed by atoms with Crippen LogP contribution in [0.25, 0.3) is 0 Å². The fraction of sp³-hybridized carbons (Fsp3) is 0.655. The van der Waals surface area contributed by atoms with Gasteiger partial charge in [-0.3, -0.25) is 19.2 Å². The van der Waals surface area contributed by atoms with E-state index in [2.05, 4.69) is 16.0 Å². The van der Waals surface area contributed by atoms with Crippen molar-refractivity contribution in [2.45, 2.75) is 81.3 Å². The van der Waals surface area contributed by atoms with Gasteiger partial charge in [0.25, 0.3) is 5.91 Å². The first-order chi connectivity index (χ1) is 19.5. The molecule has 4 rings (SSSR count). The van der Waals surface area contributed by atoms with Gasteiger partial charge in [-0.15, -0.1) is 0 Å². The first-order valence-corrected chi connectivity index (χ1v) is 14.5. The van der Waals surface area contributed by atoms with Crippen molar-refractivity contribution < 1.29 is 32.7 Å². The predicted molar refractivity (Wildman–Crippen MR) is 147 cm³/mol. The van der Waals surface area contributed by atoms with E-state index in [9.17, 15) is 28.0 Å². The van der Waals surface area contributed by atoms with Crippen LogP contribution in [0.2, 0.25) is 0 Å². The van der Waals surface area contributed by atoms with Gasteiger partial charge in [-0.2, -0.15) is 0 Å². The summed E-state index contributed by atoms with van der Waals surface area (Å²) in [6.07, 6.45) is 1.88. The van der Waals surface area contributed by atoms with Gasteiger partial charge in [0.1, 0.15) is 5.75 Å². The van der Waals surface area contributed by atoms with Crippen LogP contribution in [0.4, 0.5) is 8.78 Å². The van der Waals surface area contributed by atoms with Crippen molar-refractivity contribution in [3.05, 3.63) is 30.3 Å². The Labute approximate surface area is 239 Å². The van der Waals surface area contributed by atoms with Crippen molar-refractivity contribution in [3.8, 4) is 5.75 Å². The van der Waals surface area contributed by atoms with Crippen LogP contribution in [0, 0.1) is 0 Å². The third kappa shape index (κ3) is 8.85. The molecule has 1 saturated carbocycles. The minimum Gasteiger partial charge on any atom is -0.484 e. The van der Waals surface area contributed by atoms with E-state index in [1.54, 1.807) is 24.1 Å². The van der Waals surface area contributed by atoms with Crippen molar-refractivity contribution in [2.75, 3.05) is 39.8 Å². The second-order valence-electron chi connectivity index (χ2n) is 11.5. The molecule has 1 spiro atoms. The number of carbonyl (C=O) groups excluding carboxylic acids is 4. The number of nitrogens with zero attached hydrogens (tertiary/aromatic N) is 2. The highest BCUT2D eigenvalue weighted by Crippen LogP contribution is 2.33. The number of carbonyl (C=O) groups is 4. The van der Waals surface area contributed by atoms with Gasteiger partial charge < -0.3 is 30.5 Å². The lowest BCUT2D eigenvalue weighted by atomic mass is 9.83. The zero-order valence-corrected chi connectivity index (χ0v) is 23.6. The van der Waals surface area contributed by atoms with Gasteiger partial charge in [0.15, 0.2) is 6.61 Å². The van der Waals surface area contributed by atoms with E-state index in [0.29, 0.717) is 51.1 Å². The molecule has 1 aromatic rings. The van der Waals surface area contributed by atoms with Crippen LogP contribution in [-0.2, 0) is 19.2 Å². The van der Waals surface area contributed by atoms with E-state index in [-0.39, 0.29) is 69.0 Å². The van der Waals surface area contributed by atoms with E-state index >= 15 is 0 Å². The fourth-order valence-corrected chi connectivity index (χ4v) is 5.85. The van der Waals surface area contributed by atoms with Gasteiger partial charge in [0.2, 0.25) is 23.6 Å². The van der Waals surface area contributed by atoms with Crippen LogP contribution >= 0.6 is 0 Å². The van der Waals surface area contributed by atoms with Crippen molar-refractivity contribution >= 4 is 23.6 Å². The second kappa shape index (κ2) is 13.6. The Bertz CT molecular complexity index is 1070. The van der Waals surface area contributed by atoms with Crippen LogP contribution in [0.5, 0.6) is 5.75 Å². The Morgan fingerprint density at radius 1 is 1.02 bits per heavy atom. The molecule has 1 aliphatic carbocycles. The standard InChI is InChI=1S/C29H41F2N5O5/c1-35-19-25(38)34-28(13-16-36(17-14-28)26(39)20-41-22-6-3-2-4-7-22)18-24(37)32-15-5-8-23(27(35)40)33-21-9-11-29(30,31)12-10-21/h2-4,6-7,21,23,33H,5,8-20H2,1H3,(H,32,37)(H,34,38)/t23-/m0/s1. The normalized spacial score (nSPS) is 24.5. The van der Waals surface area contributed by atoms with Gasteiger partial charge >= 0.3 is 0 Å². The van der Waals surface area contributed by atoms with Crippen molar-refractivity contribution in [3.63, 3.8) is 0 Å². The number of rotatable bonds is 5. The molecule has 1 atom stereocenters. The first kappa shape index (κ1) is 30.7. The molecule has 12 heteroatoms. The quantitative estimate of drug-likeness (QED) is 0.492. The SMILES string of the molecule is CN1CC(=O)NC2(CCN(C(=O)COc3ccccc3)CC2)CC(=O)NCCC[C@H](NC2CCC(F)(F)CC2)C1=O. The number of likely N-dealkylation sites (N-methyl/N-ethyl adjacent to an activating group) is 1. The lowest BCUT2D eigenvalue weighted by Crippen LogP contribution is -2.59. The van der Waals surface area contributed by atoms with Crippen LogP contribution in [-0.4, -0.2) is 96.8 Å².